The molecule has 0 radical (unpaired) electrons. The van der Waals surface area contributed by atoms with Crippen LogP contribution >= 0.6 is 7.67 Å². The zero-order valence-electron chi connectivity index (χ0n) is 6.85. The highest BCUT2D eigenvalue weighted by Gasteiger charge is 2.51. The molecule has 0 aromatic rings. The highest BCUT2D eigenvalue weighted by atomic mass is 31.2. The van der Waals surface area contributed by atoms with Crippen LogP contribution in [-0.4, -0.2) is 53.7 Å². The Morgan fingerprint density at radius 2 is 1.42 bits per heavy atom. The molecule has 0 spiro atoms. The highest BCUT2D eigenvalue weighted by Crippen LogP contribution is 2.62. The third kappa shape index (κ3) is 1.22. The Hall–Kier alpha value is 0.0700. The lowest BCUT2D eigenvalue weighted by molar-refractivity contribution is 0.0567. The summed E-state index contributed by atoms with van der Waals surface area (Å²) < 4.78 is 21.5. The van der Waals surface area contributed by atoms with E-state index in [4.69, 9.17) is 4.62 Å². The quantitative estimate of drug-likeness (QED) is 0.458. The molecule has 68 valence electrons. The lowest BCUT2D eigenvalue weighted by atomic mass is 11.0. The molecule has 0 aliphatic carbocycles. The molecule has 6 heteroatoms. The molecular formula is C6H12N3O2P. The van der Waals surface area contributed by atoms with Crippen molar-refractivity contribution in [3.63, 3.8) is 0 Å². The number of hydroxylamine groups is 2. The lowest BCUT2D eigenvalue weighted by Gasteiger charge is -2.18. The van der Waals surface area contributed by atoms with Gasteiger partial charge >= 0.3 is 7.67 Å². The van der Waals surface area contributed by atoms with E-state index in [2.05, 4.69) is 0 Å². The van der Waals surface area contributed by atoms with Crippen molar-refractivity contribution in [2.24, 2.45) is 0 Å². The molecule has 0 N–H and O–H groups in total. The van der Waals surface area contributed by atoms with Crippen molar-refractivity contribution in [3.8, 4) is 0 Å². The zero-order valence-corrected chi connectivity index (χ0v) is 7.74. The van der Waals surface area contributed by atoms with E-state index >= 15 is 0 Å². The molecule has 0 atom stereocenters. The summed E-state index contributed by atoms with van der Waals surface area (Å²) in [6.45, 7) is 5.60. The van der Waals surface area contributed by atoms with E-state index in [-0.39, 0.29) is 0 Å². The molecule has 3 aliphatic heterocycles. The van der Waals surface area contributed by atoms with Gasteiger partial charge in [-0.25, -0.2) is 14.0 Å². The van der Waals surface area contributed by atoms with Crippen molar-refractivity contribution in [3.05, 3.63) is 0 Å². The van der Waals surface area contributed by atoms with Gasteiger partial charge in [0.05, 0.1) is 0 Å². The number of hydrogen-bond acceptors (Lipinski definition) is 3. The first kappa shape index (κ1) is 7.47. The maximum Gasteiger partial charge on any atom is 0.362 e. The zero-order chi connectivity index (χ0) is 8.18. The molecule has 3 aliphatic rings. The van der Waals surface area contributed by atoms with E-state index in [0.717, 1.165) is 39.3 Å². The third-order valence-electron chi connectivity index (χ3n) is 2.19. The summed E-state index contributed by atoms with van der Waals surface area (Å²) in [6, 6.07) is 0. The van der Waals surface area contributed by atoms with E-state index in [9.17, 15) is 4.57 Å². The molecule has 0 aromatic heterocycles. The Kier molecular flexibility index (Phi) is 1.43. The van der Waals surface area contributed by atoms with Crippen molar-refractivity contribution < 1.29 is 9.19 Å². The maximum absolute atomic E-state index is 12.2. The second-order valence-electron chi connectivity index (χ2n) is 3.41. The van der Waals surface area contributed by atoms with Crippen LogP contribution in [0, 0.1) is 0 Å². The summed E-state index contributed by atoms with van der Waals surface area (Å²) in [5.41, 5.74) is 0. The summed E-state index contributed by atoms with van der Waals surface area (Å²) in [5, 5.41) is 1.78. The van der Waals surface area contributed by atoms with Gasteiger partial charge in [0.15, 0.2) is 0 Å². The minimum absolute atomic E-state index is 0.932. The molecule has 0 bridgehead atoms. The van der Waals surface area contributed by atoms with Gasteiger partial charge in [0, 0.05) is 39.3 Å². The van der Waals surface area contributed by atoms with Gasteiger partial charge in [-0.15, -0.1) is 0 Å². The van der Waals surface area contributed by atoms with Crippen LogP contribution < -0.4 is 0 Å². The fraction of sp³-hybridized carbons (Fsp3) is 1.00. The van der Waals surface area contributed by atoms with Gasteiger partial charge in [0.25, 0.3) is 0 Å². The van der Waals surface area contributed by atoms with E-state index in [0.29, 0.717) is 0 Å². The predicted octanol–water partition coefficient (Wildman–Crippen LogP) is -0.0271. The molecule has 3 rings (SSSR count). The van der Waals surface area contributed by atoms with Gasteiger partial charge in [0.1, 0.15) is 0 Å². The molecule has 0 amide bonds. The van der Waals surface area contributed by atoms with Crippen LogP contribution in [0.1, 0.15) is 0 Å². The third-order valence-corrected chi connectivity index (χ3v) is 4.86. The fourth-order valence-corrected chi connectivity index (χ4v) is 3.37. The second-order valence-corrected chi connectivity index (χ2v) is 5.68. The number of hydrogen-bond donors (Lipinski definition) is 0. The van der Waals surface area contributed by atoms with Crippen molar-refractivity contribution >= 4 is 7.67 Å². The Morgan fingerprint density at radius 1 is 0.917 bits per heavy atom. The van der Waals surface area contributed by atoms with Crippen molar-refractivity contribution in [1.29, 1.82) is 0 Å². The molecule has 5 nitrogen and oxygen atoms in total. The van der Waals surface area contributed by atoms with Crippen LogP contribution in [0.25, 0.3) is 0 Å². The van der Waals surface area contributed by atoms with Gasteiger partial charge < -0.3 is 0 Å². The molecule has 3 heterocycles. The van der Waals surface area contributed by atoms with Crippen LogP contribution in [0.4, 0.5) is 0 Å². The van der Waals surface area contributed by atoms with E-state index in [1.54, 1.807) is 5.06 Å². The predicted molar refractivity (Wildman–Crippen MR) is 43.4 cm³/mol. The molecule has 0 aromatic carbocycles. The summed E-state index contributed by atoms with van der Waals surface area (Å²) in [5.74, 6) is 0. The van der Waals surface area contributed by atoms with Crippen LogP contribution in [0.15, 0.2) is 0 Å². The largest absolute Gasteiger partial charge is 0.362 e. The van der Waals surface area contributed by atoms with Crippen LogP contribution in [0.5, 0.6) is 0 Å². The Morgan fingerprint density at radius 3 is 1.75 bits per heavy atom. The second kappa shape index (κ2) is 2.30. The fourth-order valence-electron chi connectivity index (χ4n) is 1.15. The monoisotopic (exact) mass is 189 g/mol. The average Bonchev–Trinajstić information content (AvgIpc) is 2.80. The summed E-state index contributed by atoms with van der Waals surface area (Å²) in [6.07, 6.45) is 0. The van der Waals surface area contributed by atoms with Gasteiger partial charge in [-0.1, -0.05) is 0 Å². The lowest BCUT2D eigenvalue weighted by Crippen LogP contribution is -2.10. The minimum atomic E-state index is -2.54. The van der Waals surface area contributed by atoms with Gasteiger partial charge in [-0.05, 0) is 0 Å². The Balaban J connectivity index is 1.74. The smallest absolute Gasteiger partial charge is 0.254 e. The topological polar surface area (TPSA) is 35.3 Å². The standard InChI is InChI=1S/C6H12N3O2P/c10-12(8-3-4-8,9-5-6-9)11-7-1-2-7/h1-6H2. The van der Waals surface area contributed by atoms with Crippen LogP contribution in [-0.2, 0) is 9.19 Å². The van der Waals surface area contributed by atoms with Gasteiger partial charge in [0.2, 0.25) is 0 Å². The normalized spacial score (nSPS) is 30.7. The summed E-state index contributed by atoms with van der Waals surface area (Å²) >= 11 is 0. The number of rotatable bonds is 4. The van der Waals surface area contributed by atoms with Gasteiger partial charge in [-0.3, -0.25) is 4.57 Å². The first-order chi connectivity index (χ1) is 5.79. The molecular weight excluding hydrogens is 177 g/mol. The Labute approximate surface area is 71.4 Å². The van der Waals surface area contributed by atoms with Crippen molar-refractivity contribution in [2.75, 3.05) is 39.3 Å². The SMILES string of the molecule is O=P(ON1CC1)(N1CC1)N1CC1. The summed E-state index contributed by atoms with van der Waals surface area (Å²) in [4.78, 5) is 0. The molecule has 12 heavy (non-hydrogen) atoms. The van der Waals surface area contributed by atoms with Crippen molar-refractivity contribution in [1.82, 2.24) is 14.4 Å². The highest BCUT2D eigenvalue weighted by molar-refractivity contribution is 7.54. The van der Waals surface area contributed by atoms with E-state index in [1.165, 1.54) is 0 Å². The number of nitrogens with zero attached hydrogens (tertiary/aromatic N) is 3. The Bertz CT molecular complexity index is 231. The minimum Gasteiger partial charge on any atom is -0.254 e. The molecule has 3 saturated heterocycles. The first-order valence-corrected chi connectivity index (χ1v) is 5.88. The van der Waals surface area contributed by atoms with Crippen LogP contribution in [0.3, 0.4) is 0 Å². The average molecular weight is 189 g/mol. The summed E-state index contributed by atoms with van der Waals surface area (Å²) in [7, 11) is -2.54. The molecule has 3 fully saturated rings. The van der Waals surface area contributed by atoms with Gasteiger partial charge in [-0.2, -0.15) is 5.06 Å². The maximum atomic E-state index is 12.2. The molecule has 0 unspecified atom stereocenters. The van der Waals surface area contributed by atoms with E-state index < -0.39 is 7.67 Å². The first-order valence-electron chi connectivity index (χ1n) is 4.35. The molecule has 0 saturated carbocycles. The van der Waals surface area contributed by atoms with Crippen LogP contribution in [0.2, 0.25) is 0 Å². The van der Waals surface area contributed by atoms with E-state index in [1.807, 2.05) is 9.34 Å². The van der Waals surface area contributed by atoms with Crippen molar-refractivity contribution in [2.45, 2.75) is 0 Å².